The van der Waals surface area contributed by atoms with Gasteiger partial charge in [0.15, 0.2) is 0 Å². The molecule has 2 aromatic rings. The summed E-state index contributed by atoms with van der Waals surface area (Å²) in [5, 5.41) is 14.7. The highest BCUT2D eigenvalue weighted by atomic mass is 32.1. The Kier molecular flexibility index (Phi) is 5.52. The van der Waals surface area contributed by atoms with Gasteiger partial charge < -0.3 is 15.2 Å². The molecule has 20 heavy (non-hydrogen) atoms. The van der Waals surface area contributed by atoms with Crippen LogP contribution in [0.5, 0.6) is 0 Å². The van der Waals surface area contributed by atoms with Crippen molar-refractivity contribution in [1.29, 1.82) is 0 Å². The van der Waals surface area contributed by atoms with Crippen LogP contribution in [0.3, 0.4) is 0 Å². The van der Waals surface area contributed by atoms with E-state index in [1.165, 1.54) is 6.07 Å². The fourth-order valence-electron chi connectivity index (χ4n) is 1.82. The van der Waals surface area contributed by atoms with Crippen LogP contribution in [-0.2, 0) is 11.3 Å². The molecule has 0 radical (unpaired) electrons. The average molecular weight is 295 g/mol. The SMILES string of the molecule is Cc1cccc(F)c1NCC(O)COCc1cccs1. The molecule has 0 saturated heterocycles. The average Bonchev–Trinajstić information content (AvgIpc) is 2.91. The van der Waals surface area contributed by atoms with Crippen molar-refractivity contribution >= 4 is 17.0 Å². The molecule has 0 bridgehead atoms. The van der Waals surface area contributed by atoms with Crippen molar-refractivity contribution in [3.05, 3.63) is 52.0 Å². The number of anilines is 1. The number of hydrogen-bond donors (Lipinski definition) is 2. The smallest absolute Gasteiger partial charge is 0.146 e. The summed E-state index contributed by atoms with van der Waals surface area (Å²) in [6.07, 6.45) is -0.672. The summed E-state index contributed by atoms with van der Waals surface area (Å²) in [7, 11) is 0. The van der Waals surface area contributed by atoms with E-state index in [0.717, 1.165) is 10.4 Å². The molecule has 0 amide bonds. The van der Waals surface area contributed by atoms with Crippen molar-refractivity contribution in [3.8, 4) is 0 Å². The van der Waals surface area contributed by atoms with Gasteiger partial charge in [-0.15, -0.1) is 11.3 Å². The maximum absolute atomic E-state index is 13.6. The Hall–Kier alpha value is -1.43. The van der Waals surface area contributed by atoms with Gasteiger partial charge in [-0.05, 0) is 30.0 Å². The molecule has 0 aliphatic heterocycles. The first-order valence-corrected chi connectivity index (χ1v) is 7.32. The van der Waals surface area contributed by atoms with E-state index in [2.05, 4.69) is 5.32 Å². The van der Waals surface area contributed by atoms with Crippen molar-refractivity contribution in [2.45, 2.75) is 19.6 Å². The maximum atomic E-state index is 13.6. The van der Waals surface area contributed by atoms with Crippen molar-refractivity contribution in [2.24, 2.45) is 0 Å². The Balaban J connectivity index is 1.73. The molecule has 3 nitrogen and oxygen atoms in total. The Morgan fingerprint density at radius 1 is 1.35 bits per heavy atom. The number of hydrogen-bond acceptors (Lipinski definition) is 4. The van der Waals surface area contributed by atoms with E-state index >= 15 is 0 Å². The van der Waals surface area contributed by atoms with Crippen LogP contribution in [-0.4, -0.2) is 24.4 Å². The monoisotopic (exact) mass is 295 g/mol. The summed E-state index contributed by atoms with van der Waals surface area (Å²) < 4.78 is 19.0. The Labute approximate surface area is 122 Å². The first-order chi connectivity index (χ1) is 9.66. The van der Waals surface area contributed by atoms with Gasteiger partial charge in [-0.3, -0.25) is 0 Å². The summed E-state index contributed by atoms with van der Waals surface area (Å²) >= 11 is 1.62. The number of aliphatic hydroxyl groups is 1. The van der Waals surface area contributed by atoms with Crippen LogP contribution in [0.1, 0.15) is 10.4 Å². The van der Waals surface area contributed by atoms with Crippen LogP contribution in [0.4, 0.5) is 10.1 Å². The molecule has 0 saturated carbocycles. The lowest BCUT2D eigenvalue weighted by atomic mass is 10.2. The second kappa shape index (κ2) is 7.38. The molecular weight excluding hydrogens is 277 g/mol. The molecule has 1 heterocycles. The topological polar surface area (TPSA) is 41.5 Å². The van der Waals surface area contributed by atoms with E-state index in [4.69, 9.17) is 4.74 Å². The number of benzene rings is 1. The highest BCUT2D eigenvalue weighted by Crippen LogP contribution is 2.18. The van der Waals surface area contributed by atoms with Crippen LogP contribution >= 0.6 is 11.3 Å². The van der Waals surface area contributed by atoms with Crippen molar-refractivity contribution in [1.82, 2.24) is 0 Å². The second-order valence-electron chi connectivity index (χ2n) is 4.56. The fraction of sp³-hybridized carbons (Fsp3) is 0.333. The van der Waals surface area contributed by atoms with E-state index < -0.39 is 6.10 Å². The number of nitrogens with one attached hydrogen (secondary N) is 1. The van der Waals surface area contributed by atoms with Gasteiger partial charge in [0.1, 0.15) is 5.82 Å². The number of para-hydroxylation sites is 1. The van der Waals surface area contributed by atoms with Crippen molar-refractivity contribution in [2.75, 3.05) is 18.5 Å². The highest BCUT2D eigenvalue weighted by molar-refractivity contribution is 7.09. The molecule has 1 aromatic heterocycles. The number of thiophene rings is 1. The first kappa shape index (κ1) is 15.0. The Morgan fingerprint density at radius 3 is 2.90 bits per heavy atom. The highest BCUT2D eigenvalue weighted by Gasteiger charge is 2.08. The third-order valence-corrected chi connectivity index (χ3v) is 3.72. The summed E-state index contributed by atoms with van der Waals surface area (Å²) in [6.45, 7) is 2.79. The summed E-state index contributed by atoms with van der Waals surface area (Å²) in [6, 6.07) is 8.83. The van der Waals surface area contributed by atoms with Crippen LogP contribution in [0.15, 0.2) is 35.7 Å². The number of aliphatic hydroxyl groups excluding tert-OH is 1. The number of ether oxygens (including phenoxy) is 1. The molecule has 2 N–H and O–H groups in total. The van der Waals surface area contributed by atoms with Gasteiger partial charge in [0, 0.05) is 11.4 Å². The molecule has 0 aliphatic rings. The molecule has 0 fully saturated rings. The van der Waals surface area contributed by atoms with Crippen LogP contribution < -0.4 is 5.32 Å². The largest absolute Gasteiger partial charge is 0.389 e. The molecular formula is C15H18FNO2S. The van der Waals surface area contributed by atoms with Crippen molar-refractivity contribution < 1.29 is 14.2 Å². The van der Waals surface area contributed by atoms with E-state index in [1.807, 2.05) is 30.5 Å². The third-order valence-electron chi connectivity index (χ3n) is 2.87. The zero-order valence-corrected chi connectivity index (χ0v) is 12.1. The predicted octanol–water partition coefficient (Wildman–Crippen LogP) is 3.19. The van der Waals surface area contributed by atoms with Gasteiger partial charge in [0.2, 0.25) is 0 Å². The van der Waals surface area contributed by atoms with Crippen LogP contribution in [0.2, 0.25) is 0 Å². The number of halogens is 1. The lowest BCUT2D eigenvalue weighted by Gasteiger charge is -2.15. The van der Waals surface area contributed by atoms with Crippen LogP contribution in [0, 0.1) is 12.7 Å². The summed E-state index contributed by atoms with van der Waals surface area (Å²) in [5.41, 5.74) is 1.25. The number of aryl methyl sites for hydroxylation is 1. The van der Waals surface area contributed by atoms with Gasteiger partial charge in [-0.2, -0.15) is 0 Å². The van der Waals surface area contributed by atoms with E-state index in [-0.39, 0.29) is 19.0 Å². The van der Waals surface area contributed by atoms with Gasteiger partial charge in [-0.25, -0.2) is 4.39 Å². The number of rotatable bonds is 7. The first-order valence-electron chi connectivity index (χ1n) is 6.44. The Morgan fingerprint density at radius 2 is 2.20 bits per heavy atom. The zero-order chi connectivity index (χ0) is 14.4. The maximum Gasteiger partial charge on any atom is 0.146 e. The Bertz CT molecular complexity index is 510. The van der Waals surface area contributed by atoms with E-state index in [1.54, 1.807) is 17.4 Å². The fourth-order valence-corrected chi connectivity index (χ4v) is 2.47. The van der Waals surface area contributed by atoms with Gasteiger partial charge in [0.25, 0.3) is 0 Å². The zero-order valence-electron chi connectivity index (χ0n) is 11.3. The molecule has 1 atom stereocenters. The normalized spacial score (nSPS) is 12.3. The molecule has 0 aliphatic carbocycles. The quantitative estimate of drug-likeness (QED) is 0.824. The van der Waals surface area contributed by atoms with Crippen LogP contribution in [0.25, 0.3) is 0 Å². The summed E-state index contributed by atoms with van der Waals surface area (Å²) in [5.74, 6) is -0.309. The van der Waals surface area contributed by atoms with Gasteiger partial charge in [0.05, 0.1) is 25.0 Å². The minimum atomic E-state index is -0.672. The molecule has 108 valence electrons. The minimum absolute atomic E-state index is 0.221. The van der Waals surface area contributed by atoms with Gasteiger partial charge in [-0.1, -0.05) is 18.2 Å². The van der Waals surface area contributed by atoms with E-state index in [0.29, 0.717) is 12.3 Å². The van der Waals surface area contributed by atoms with Gasteiger partial charge >= 0.3 is 0 Å². The standard InChI is InChI=1S/C15H18FNO2S/c1-11-4-2-6-14(16)15(11)17-8-12(18)9-19-10-13-5-3-7-20-13/h2-7,12,17-18H,8-10H2,1H3. The lowest BCUT2D eigenvalue weighted by Crippen LogP contribution is -2.25. The molecule has 5 heteroatoms. The summed E-state index contributed by atoms with van der Waals surface area (Å²) in [4.78, 5) is 1.12. The lowest BCUT2D eigenvalue weighted by molar-refractivity contribution is 0.0358. The predicted molar refractivity (Wildman–Crippen MR) is 79.6 cm³/mol. The second-order valence-corrected chi connectivity index (χ2v) is 5.59. The molecule has 1 unspecified atom stereocenters. The van der Waals surface area contributed by atoms with Crippen molar-refractivity contribution in [3.63, 3.8) is 0 Å². The molecule has 1 aromatic carbocycles. The third kappa shape index (κ3) is 4.30. The minimum Gasteiger partial charge on any atom is -0.389 e. The molecule has 2 rings (SSSR count). The molecule has 0 spiro atoms. The van der Waals surface area contributed by atoms with E-state index in [9.17, 15) is 9.50 Å².